The van der Waals surface area contributed by atoms with E-state index >= 15 is 0 Å². The normalized spacial score (nSPS) is 27.6. The summed E-state index contributed by atoms with van der Waals surface area (Å²) in [5, 5.41) is 13.7. The molecule has 0 aliphatic heterocycles. The van der Waals surface area contributed by atoms with Crippen molar-refractivity contribution in [2.45, 2.75) is 31.7 Å². The number of hydrogen-bond donors (Lipinski definition) is 1. The van der Waals surface area contributed by atoms with E-state index in [2.05, 4.69) is 5.32 Å². The molecule has 0 aromatic heterocycles. The maximum atomic E-state index is 12.3. The first-order valence-electron chi connectivity index (χ1n) is 6.80. The largest absolute Gasteiger partial charge is 0.349 e. The van der Waals surface area contributed by atoms with Gasteiger partial charge in [-0.2, -0.15) is 0 Å². The number of nitro groups is 1. The zero-order valence-electron chi connectivity index (χ0n) is 10.8. The van der Waals surface area contributed by atoms with Crippen LogP contribution in [0.4, 0.5) is 5.69 Å². The van der Waals surface area contributed by atoms with Crippen molar-refractivity contribution < 1.29 is 9.72 Å². The molecule has 2 aliphatic carbocycles. The molecule has 5 nitrogen and oxygen atoms in total. The van der Waals surface area contributed by atoms with Gasteiger partial charge in [0.15, 0.2) is 0 Å². The molecule has 106 valence electrons. The summed E-state index contributed by atoms with van der Waals surface area (Å²) in [5.74, 6) is 0.976. The lowest BCUT2D eigenvalue weighted by atomic mass is 9.95. The number of benzene rings is 1. The van der Waals surface area contributed by atoms with Crippen LogP contribution in [0.1, 0.15) is 36.0 Å². The van der Waals surface area contributed by atoms with Crippen molar-refractivity contribution in [3.05, 3.63) is 38.9 Å². The van der Waals surface area contributed by atoms with Crippen molar-refractivity contribution >= 4 is 23.2 Å². The van der Waals surface area contributed by atoms with Crippen LogP contribution in [0.2, 0.25) is 5.02 Å². The molecule has 0 heterocycles. The minimum Gasteiger partial charge on any atom is -0.349 e. The number of amides is 1. The van der Waals surface area contributed by atoms with Crippen LogP contribution in [0, 0.1) is 22.0 Å². The Morgan fingerprint density at radius 1 is 1.35 bits per heavy atom. The number of rotatable bonds is 3. The van der Waals surface area contributed by atoms with Crippen molar-refractivity contribution in [2.24, 2.45) is 11.8 Å². The zero-order chi connectivity index (χ0) is 14.3. The van der Waals surface area contributed by atoms with Crippen LogP contribution in [0.5, 0.6) is 0 Å². The zero-order valence-corrected chi connectivity index (χ0v) is 11.6. The minimum atomic E-state index is -0.573. The van der Waals surface area contributed by atoms with Gasteiger partial charge in [-0.1, -0.05) is 24.1 Å². The molecule has 1 aromatic carbocycles. The van der Waals surface area contributed by atoms with E-state index in [9.17, 15) is 14.9 Å². The quantitative estimate of drug-likeness (QED) is 0.687. The van der Waals surface area contributed by atoms with Crippen molar-refractivity contribution in [2.75, 3.05) is 0 Å². The Labute approximate surface area is 121 Å². The van der Waals surface area contributed by atoms with Crippen LogP contribution in [0.3, 0.4) is 0 Å². The molecule has 2 aliphatic rings. The fourth-order valence-electron chi connectivity index (χ4n) is 3.50. The number of halogens is 1. The molecule has 6 heteroatoms. The molecule has 1 aromatic rings. The smallest absolute Gasteiger partial charge is 0.288 e. The van der Waals surface area contributed by atoms with Gasteiger partial charge in [-0.05, 0) is 37.2 Å². The summed E-state index contributed by atoms with van der Waals surface area (Å²) in [6.07, 6.45) is 4.63. The number of hydrogen-bond acceptors (Lipinski definition) is 3. The number of carbonyl (C=O) groups excluding carboxylic acids is 1. The highest BCUT2D eigenvalue weighted by Gasteiger charge is 2.40. The van der Waals surface area contributed by atoms with E-state index in [4.69, 9.17) is 11.6 Å². The molecule has 20 heavy (non-hydrogen) atoms. The molecule has 0 saturated heterocycles. The van der Waals surface area contributed by atoms with Gasteiger partial charge >= 0.3 is 0 Å². The second kappa shape index (κ2) is 5.05. The number of nitrogens with zero attached hydrogens (tertiary/aromatic N) is 1. The molecule has 1 N–H and O–H groups in total. The lowest BCUT2D eigenvalue weighted by Gasteiger charge is -2.23. The van der Waals surface area contributed by atoms with Gasteiger partial charge in [0.1, 0.15) is 5.02 Å². The van der Waals surface area contributed by atoms with Crippen LogP contribution >= 0.6 is 11.6 Å². The van der Waals surface area contributed by atoms with Crippen molar-refractivity contribution in [1.29, 1.82) is 0 Å². The van der Waals surface area contributed by atoms with E-state index in [0.717, 1.165) is 18.8 Å². The summed E-state index contributed by atoms with van der Waals surface area (Å²) < 4.78 is 0. The van der Waals surface area contributed by atoms with Gasteiger partial charge in [0, 0.05) is 12.1 Å². The minimum absolute atomic E-state index is 0.0850. The summed E-state index contributed by atoms with van der Waals surface area (Å²) in [5.41, 5.74) is -0.0455. The van der Waals surface area contributed by atoms with Crippen molar-refractivity contribution in [3.8, 4) is 0 Å². The van der Waals surface area contributed by atoms with Gasteiger partial charge in [-0.25, -0.2) is 0 Å². The molecular weight excluding hydrogens is 280 g/mol. The summed E-state index contributed by atoms with van der Waals surface area (Å²) in [4.78, 5) is 22.5. The topological polar surface area (TPSA) is 72.2 Å². The fourth-order valence-corrected chi connectivity index (χ4v) is 3.78. The monoisotopic (exact) mass is 294 g/mol. The van der Waals surface area contributed by atoms with E-state index in [-0.39, 0.29) is 28.2 Å². The summed E-state index contributed by atoms with van der Waals surface area (Å²) in [7, 11) is 0. The number of carbonyl (C=O) groups is 1. The maximum Gasteiger partial charge on any atom is 0.288 e. The summed E-state index contributed by atoms with van der Waals surface area (Å²) in [6, 6.07) is 4.51. The van der Waals surface area contributed by atoms with Crippen LogP contribution in [-0.4, -0.2) is 16.9 Å². The fraction of sp³-hybridized carbons (Fsp3) is 0.500. The van der Waals surface area contributed by atoms with Gasteiger partial charge in [0.2, 0.25) is 0 Å². The first-order chi connectivity index (χ1) is 9.56. The summed E-state index contributed by atoms with van der Waals surface area (Å²) >= 11 is 5.96. The van der Waals surface area contributed by atoms with Crippen LogP contribution in [0.25, 0.3) is 0 Å². The van der Waals surface area contributed by atoms with Crippen molar-refractivity contribution in [1.82, 2.24) is 5.32 Å². The highest BCUT2D eigenvalue weighted by molar-refractivity contribution is 6.35. The van der Waals surface area contributed by atoms with Gasteiger partial charge in [-0.3, -0.25) is 14.9 Å². The number of nitro benzene ring substituents is 1. The van der Waals surface area contributed by atoms with Crippen LogP contribution in [-0.2, 0) is 0 Å². The first-order valence-corrected chi connectivity index (χ1v) is 7.18. The van der Waals surface area contributed by atoms with E-state index < -0.39 is 4.92 Å². The van der Waals surface area contributed by atoms with Gasteiger partial charge in [0.05, 0.1) is 10.5 Å². The molecular formula is C14H15ClN2O3. The molecule has 2 fully saturated rings. The van der Waals surface area contributed by atoms with E-state index in [1.165, 1.54) is 31.0 Å². The predicted octanol–water partition coefficient (Wildman–Crippen LogP) is 3.17. The van der Waals surface area contributed by atoms with E-state index in [1.807, 2.05) is 0 Å². The van der Waals surface area contributed by atoms with Crippen molar-refractivity contribution in [3.63, 3.8) is 0 Å². The second-order valence-corrected chi connectivity index (χ2v) is 6.03. The van der Waals surface area contributed by atoms with Crippen LogP contribution < -0.4 is 5.32 Å². The Kier molecular flexibility index (Phi) is 3.38. The third kappa shape index (κ3) is 2.26. The Morgan fingerprint density at radius 2 is 2.15 bits per heavy atom. The van der Waals surface area contributed by atoms with E-state index in [1.54, 1.807) is 0 Å². The van der Waals surface area contributed by atoms with Gasteiger partial charge in [-0.15, -0.1) is 0 Å². The standard InChI is InChI=1S/C14H15ClN2O3/c15-13-10(2-1-3-12(13)17(19)20)14(18)16-11-7-8-4-5-9(11)6-8/h1-3,8-9,11H,4-7H2,(H,16,18). The Hall–Kier alpha value is -1.62. The molecule has 3 unspecified atom stereocenters. The average Bonchev–Trinajstić information content (AvgIpc) is 3.00. The molecule has 3 atom stereocenters. The molecule has 3 rings (SSSR count). The Balaban J connectivity index is 1.77. The molecule has 0 spiro atoms. The highest BCUT2D eigenvalue weighted by Crippen LogP contribution is 2.44. The molecule has 0 radical (unpaired) electrons. The molecule has 1 amide bonds. The predicted molar refractivity (Wildman–Crippen MR) is 74.8 cm³/mol. The lowest BCUT2D eigenvalue weighted by molar-refractivity contribution is -0.384. The molecule has 2 bridgehead atoms. The van der Waals surface area contributed by atoms with Gasteiger partial charge < -0.3 is 5.32 Å². The van der Waals surface area contributed by atoms with Gasteiger partial charge in [0.25, 0.3) is 11.6 Å². The third-order valence-electron chi connectivity index (χ3n) is 4.47. The first kappa shape index (κ1) is 13.4. The summed E-state index contributed by atoms with van der Waals surface area (Å²) in [6.45, 7) is 0. The third-order valence-corrected chi connectivity index (χ3v) is 4.87. The SMILES string of the molecule is O=C(NC1CC2CCC1C2)c1cccc([N+](=O)[O-])c1Cl. The Bertz CT molecular complexity index is 576. The number of fused-ring (bicyclic) bond motifs is 2. The molecule has 2 saturated carbocycles. The Morgan fingerprint density at radius 3 is 2.75 bits per heavy atom. The maximum absolute atomic E-state index is 12.3. The second-order valence-electron chi connectivity index (χ2n) is 5.65. The average molecular weight is 295 g/mol. The lowest BCUT2D eigenvalue weighted by Crippen LogP contribution is -2.38. The highest BCUT2D eigenvalue weighted by atomic mass is 35.5. The van der Waals surface area contributed by atoms with Crippen LogP contribution in [0.15, 0.2) is 18.2 Å². The number of nitrogens with one attached hydrogen (secondary N) is 1. The van der Waals surface area contributed by atoms with E-state index in [0.29, 0.717) is 5.92 Å².